The Morgan fingerprint density at radius 3 is 2.62 bits per heavy atom. The Kier molecular flexibility index (Phi) is 9.71. The fourth-order valence-corrected chi connectivity index (χ4v) is 3.11. The van der Waals surface area contributed by atoms with Crippen LogP contribution in [-0.2, 0) is 13.1 Å². The zero-order valence-corrected chi connectivity index (χ0v) is 19.2. The van der Waals surface area contributed by atoms with Crippen LogP contribution in [-0.4, -0.2) is 50.6 Å². The maximum Gasteiger partial charge on any atom is 0.194 e. The van der Waals surface area contributed by atoms with Crippen molar-refractivity contribution in [1.29, 1.82) is 0 Å². The number of aliphatic imine (C=N–C) groups is 1. The minimum absolute atomic E-state index is 0. The van der Waals surface area contributed by atoms with Crippen LogP contribution < -0.4 is 15.0 Å². The zero-order chi connectivity index (χ0) is 18.2. The second-order valence-electron chi connectivity index (χ2n) is 5.85. The second kappa shape index (κ2) is 11.2. The van der Waals surface area contributed by atoms with Gasteiger partial charge in [-0.05, 0) is 13.0 Å². The Hall–Kier alpha value is -1.55. The van der Waals surface area contributed by atoms with Gasteiger partial charge in [-0.15, -0.1) is 35.3 Å². The van der Waals surface area contributed by atoms with Crippen molar-refractivity contribution in [3.63, 3.8) is 0 Å². The molecule has 0 amide bonds. The number of aromatic nitrogens is 1. The van der Waals surface area contributed by atoms with Gasteiger partial charge < -0.3 is 19.9 Å². The summed E-state index contributed by atoms with van der Waals surface area (Å²) in [6, 6.07) is 8.05. The van der Waals surface area contributed by atoms with Crippen molar-refractivity contribution in [2.75, 3.05) is 39.7 Å². The zero-order valence-electron chi connectivity index (χ0n) is 16.0. The second-order valence-corrected chi connectivity index (χ2v) is 6.69. The molecule has 0 aliphatic carbocycles. The van der Waals surface area contributed by atoms with Gasteiger partial charge in [0.1, 0.15) is 5.75 Å². The third-order valence-corrected chi connectivity index (χ3v) is 4.67. The van der Waals surface area contributed by atoms with E-state index in [9.17, 15) is 0 Å². The van der Waals surface area contributed by atoms with Crippen molar-refractivity contribution in [3.05, 3.63) is 40.9 Å². The number of guanidine groups is 1. The molecule has 0 spiro atoms. The third-order valence-electron chi connectivity index (χ3n) is 3.61. The Morgan fingerprint density at radius 1 is 1.27 bits per heavy atom. The van der Waals surface area contributed by atoms with Crippen LogP contribution in [0.25, 0.3) is 0 Å². The van der Waals surface area contributed by atoms with Crippen LogP contribution in [0.3, 0.4) is 0 Å². The summed E-state index contributed by atoms with van der Waals surface area (Å²) >= 11 is 1.63. The highest BCUT2D eigenvalue weighted by atomic mass is 127. The SMILES string of the molecule is CCNC(=NCc1csc(N(C)C)n1)N(C)Cc1ccccc1OC.I. The van der Waals surface area contributed by atoms with E-state index in [1.54, 1.807) is 18.4 Å². The lowest BCUT2D eigenvalue weighted by Gasteiger charge is -2.23. The number of ether oxygens (including phenoxy) is 1. The van der Waals surface area contributed by atoms with E-state index in [0.29, 0.717) is 6.54 Å². The highest BCUT2D eigenvalue weighted by Crippen LogP contribution is 2.20. The quantitative estimate of drug-likeness (QED) is 0.367. The molecule has 144 valence electrons. The summed E-state index contributed by atoms with van der Waals surface area (Å²) in [4.78, 5) is 13.4. The van der Waals surface area contributed by atoms with E-state index in [2.05, 4.69) is 33.6 Å². The Labute approximate surface area is 177 Å². The molecule has 1 heterocycles. The number of anilines is 1. The molecule has 0 saturated carbocycles. The van der Waals surface area contributed by atoms with Crippen molar-refractivity contribution < 1.29 is 4.74 Å². The van der Waals surface area contributed by atoms with E-state index in [1.807, 2.05) is 44.2 Å². The minimum Gasteiger partial charge on any atom is -0.496 e. The van der Waals surface area contributed by atoms with Crippen molar-refractivity contribution in [2.24, 2.45) is 4.99 Å². The summed E-state index contributed by atoms with van der Waals surface area (Å²) in [5, 5.41) is 6.40. The summed E-state index contributed by atoms with van der Waals surface area (Å²) < 4.78 is 5.44. The fraction of sp³-hybridized carbons (Fsp3) is 0.444. The molecule has 0 bridgehead atoms. The summed E-state index contributed by atoms with van der Waals surface area (Å²) in [6.45, 7) is 4.16. The largest absolute Gasteiger partial charge is 0.496 e. The predicted octanol–water partition coefficient (Wildman–Crippen LogP) is 3.43. The number of halogens is 1. The molecule has 1 aromatic carbocycles. The normalized spacial score (nSPS) is 10.9. The monoisotopic (exact) mass is 489 g/mol. The van der Waals surface area contributed by atoms with Crippen LogP contribution in [0, 0.1) is 0 Å². The molecular formula is C18H28IN5OS. The molecule has 0 atom stereocenters. The van der Waals surface area contributed by atoms with Crippen LogP contribution in [0.15, 0.2) is 34.6 Å². The minimum atomic E-state index is 0. The molecule has 0 fully saturated rings. The van der Waals surface area contributed by atoms with Gasteiger partial charge in [0, 0.05) is 45.2 Å². The number of methoxy groups -OCH3 is 1. The number of hydrogen-bond donors (Lipinski definition) is 1. The lowest BCUT2D eigenvalue weighted by molar-refractivity contribution is 0.396. The molecule has 1 N–H and O–H groups in total. The number of rotatable bonds is 7. The van der Waals surface area contributed by atoms with E-state index < -0.39 is 0 Å². The first-order chi connectivity index (χ1) is 12.0. The van der Waals surface area contributed by atoms with Gasteiger partial charge in [-0.3, -0.25) is 0 Å². The highest BCUT2D eigenvalue weighted by Gasteiger charge is 2.10. The molecule has 26 heavy (non-hydrogen) atoms. The predicted molar refractivity (Wildman–Crippen MR) is 121 cm³/mol. The highest BCUT2D eigenvalue weighted by molar-refractivity contribution is 14.0. The van der Waals surface area contributed by atoms with Crippen LogP contribution in [0.1, 0.15) is 18.2 Å². The summed E-state index contributed by atoms with van der Waals surface area (Å²) in [5.41, 5.74) is 2.11. The number of para-hydroxylation sites is 1. The van der Waals surface area contributed by atoms with Crippen molar-refractivity contribution in [1.82, 2.24) is 15.2 Å². The van der Waals surface area contributed by atoms with Gasteiger partial charge in [0.2, 0.25) is 0 Å². The van der Waals surface area contributed by atoms with Crippen molar-refractivity contribution >= 4 is 46.4 Å². The van der Waals surface area contributed by atoms with Gasteiger partial charge in [-0.1, -0.05) is 18.2 Å². The summed E-state index contributed by atoms with van der Waals surface area (Å²) in [7, 11) is 7.72. The van der Waals surface area contributed by atoms with E-state index in [4.69, 9.17) is 9.73 Å². The number of nitrogens with one attached hydrogen (secondary N) is 1. The fourth-order valence-electron chi connectivity index (χ4n) is 2.36. The van der Waals surface area contributed by atoms with E-state index >= 15 is 0 Å². The van der Waals surface area contributed by atoms with Gasteiger partial charge in [0.25, 0.3) is 0 Å². The van der Waals surface area contributed by atoms with E-state index in [0.717, 1.165) is 41.2 Å². The molecular weight excluding hydrogens is 461 g/mol. The first-order valence-electron chi connectivity index (χ1n) is 8.28. The number of nitrogens with zero attached hydrogens (tertiary/aromatic N) is 4. The molecule has 2 aromatic rings. The molecule has 1 aromatic heterocycles. The number of thiazole rings is 1. The first kappa shape index (κ1) is 22.5. The number of hydrogen-bond acceptors (Lipinski definition) is 5. The molecule has 8 heteroatoms. The van der Waals surface area contributed by atoms with E-state index in [-0.39, 0.29) is 24.0 Å². The maximum atomic E-state index is 5.44. The lowest BCUT2D eigenvalue weighted by atomic mass is 10.2. The number of benzene rings is 1. The smallest absolute Gasteiger partial charge is 0.194 e. The Bertz CT molecular complexity index is 704. The molecule has 2 rings (SSSR count). The van der Waals surface area contributed by atoms with Crippen molar-refractivity contribution in [2.45, 2.75) is 20.0 Å². The lowest BCUT2D eigenvalue weighted by Crippen LogP contribution is -2.38. The van der Waals surface area contributed by atoms with Gasteiger partial charge in [0.15, 0.2) is 11.1 Å². The average molecular weight is 489 g/mol. The molecule has 0 aliphatic rings. The standard InChI is InChI=1S/C18H27N5OS.HI/c1-6-19-17(20-11-15-13-25-18(21-15)22(2)3)23(4)12-14-9-7-8-10-16(14)24-5;/h7-10,13H,6,11-12H2,1-5H3,(H,19,20);1H. The molecule has 0 unspecified atom stereocenters. The van der Waals surface area contributed by atoms with Crippen LogP contribution >= 0.6 is 35.3 Å². The Balaban J connectivity index is 0.00000338. The van der Waals surface area contributed by atoms with Gasteiger partial charge >= 0.3 is 0 Å². The first-order valence-corrected chi connectivity index (χ1v) is 9.16. The van der Waals surface area contributed by atoms with Gasteiger partial charge in [0.05, 0.1) is 19.3 Å². The Morgan fingerprint density at radius 2 is 2.00 bits per heavy atom. The van der Waals surface area contributed by atoms with Gasteiger partial charge in [-0.25, -0.2) is 9.98 Å². The third kappa shape index (κ3) is 6.31. The summed E-state index contributed by atoms with van der Waals surface area (Å²) in [6.07, 6.45) is 0. The molecule has 0 aliphatic heterocycles. The van der Waals surface area contributed by atoms with Crippen LogP contribution in [0.2, 0.25) is 0 Å². The molecule has 0 radical (unpaired) electrons. The topological polar surface area (TPSA) is 53.0 Å². The molecule has 6 nitrogen and oxygen atoms in total. The van der Waals surface area contributed by atoms with Gasteiger partial charge in [-0.2, -0.15) is 0 Å². The van der Waals surface area contributed by atoms with Crippen LogP contribution in [0.4, 0.5) is 5.13 Å². The van der Waals surface area contributed by atoms with Crippen LogP contribution in [0.5, 0.6) is 5.75 Å². The maximum absolute atomic E-state index is 5.44. The summed E-state index contributed by atoms with van der Waals surface area (Å²) in [5.74, 6) is 1.74. The average Bonchev–Trinajstić information content (AvgIpc) is 3.08. The molecule has 0 saturated heterocycles. The van der Waals surface area contributed by atoms with Crippen molar-refractivity contribution in [3.8, 4) is 5.75 Å². The van der Waals surface area contributed by atoms with E-state index in [1.165, 1.54) is 0 Å².